The Morgan fingerprint density at radius 1 is 0.667 bits per heavy atom. The van der Waals surface area contributed by atoms with Crippen LogP contribution < -0.4 is 0 Å². The van der Waals surface area contributed by atoms with Crippen LogP contribution >= 0.6 is 0 Å². The van der Waals surface area contributed by atoms with Crippen molar-refractivity contribution in [1.29, 1.82) is 0 Å². The number of hydrogen-bond acceptors (Lipinski definition) is 0. The average molecular weight is 252 g/mol. The van der Waals surface area contributed by atoms with E-state index in [2.05, 4.69) is 20.8 Å². The fraction of sp³-hybridized carbons (Fsp3) is 1.00. The fourth-order valence-electron chi connectivity index (χ4n) is 2.68. The van der Waals surface area contributed by atoms with Crippen LogP contribution in [0.5, 0.6) is 0 Å². The van der Waals surface area contributed by atoms with Gasteiger partial charge in [-0.05, 0) is 24.2 Å². The zero-order valence-corrected chi connectivity index (χ0v) is 11.9. The van der Waals surface area contributed by atoms with Crippen LogP contribution in [0.3, 0.4) is 0 Å². The Kier molecular flexibility index (Phi) is 8.01. The summed E-state index contributed by atoms with van der Waals surface area (Å²) >= 11 is 0. The molecule has 15 heavy (non-hydrogen) atoms. The van der Waals surface area contributed by atoms with Crippen LogP contribution in [0.1, 0.15) is 78.6 Å². The zero-order valence-electron chi connectivity index (χ0n) is 10.8. The topological polar surface area (TPSA) is 0 Å². The Morgan fingerprint density at radius 2 is 1.00 bits per heavy atom. The predicted molar refractivity (Wildman–Crippen MR) is 64.5 cm³/mol. The summed E-state index contributed by atoms with van der Waals surface area (Å²) < 4.78 is 0. The van der Waals surface area contributed by atoms with Crippen LogP contribution in [0.15, 0.2) is 0 Å². The van der Waals surface area contributed by atoms with Crippen molar-refractivity contribution in [2.24, 2.45) is 11.3 Å². The molecule has 0 radical (unpaired) electrons. The third-order valence-electron chi connectivity index (χ3n) is 3.83. The molecule has 0 aromatic carbocycles. The minimum absolute atomic E-state index is 0. The minimum atomic E-state index is 0. The Bertz CT molecular complexity index is 128. The summed E-state index contributed by atoms with van der Waals surface area (Å²) in [6.45, 7) is 7.09. The molecule has 0 bridgehead atoms. The van der Waals surface area contributed by atoms with Crippen LogP contribution in [0, 0.1) is 11.3 Å². The molecule has 0 amide bonds. The molecule has 0 heterocycles. The van der Waals surface area contributed by atoms with Gasteiger partial charge in [-0.25, -0.2) is 0 Å². The van der Waals surface area contributed by atoms with Crippen molar-refractivity contribution in [1.82, 2.24) is 0 Å². The first-order chi connectivity index (χ1) is 6.61. The second kappa shape index (κ2) is 7.74. The Balaban J connectivity index is 0.000000280. The molecular weight excluding hydrogens is 224 g/mol. The van der Waals surface area contributed by atoms with E-state index in [0.29, 0.717) is 5.41 Å². The summed E-state index contributed by atoms with van der Waals surface area (Å²) in [7, 11) is 0. The summed E-state index contributed by atoms with van der Waals surface area (Å²) in [6.07, 6.45) is 13.4. The van der Waals surface area contributed by atoms with Crippen molar-refractivity contribution in [3.63, 3.8) is 0 Å². The smallest absolute Gasteiger partial charge is 0 e. The van der Waals surface area contributed by atoms with Gasteiger partial charge in [-0.1, -0.05) is 65.7 Å². The van der Waals surface area contributed by atoms with E-state index in [4.69, 9.17) is 0 Å². The SMILES string of the molecule is C1CCCC1.CC(C)(C)C1CCCC1.[Fe]. The first kappa shape index (κ1) is 15.5. The summed E-state index contributed by atoms with van der Waals surface area (Å²) in [4.78, 5) is 0. The molecule has 2 saturated carbocycles. The third kappa shape index (κ3) is 6.64. The van der Waals surface area contributed by atoms with Gasteiger partial charge in [-0.3, -0.25) is 0 Å². The van der Waals surface area contributed by atoms with Gasteiger partial charge in [0.15, 0.2) is 0 Å². The van der Waals surface area contributed by atoms with Crippen molar-refractivity contribution in [2.45, 2.75) is 78.6 Å². The summed E-state index contributed by atoms with van der Waals surface area (Å²) in [6, 6.07) is 0. The summed E-state index contributed by atoms with van der Waals surface area (Å²) in [5, 5.41) is 0. The van der Waals surface area contributed by atoms with E-state index >= 15 is 0 Å². The second-order valence-electron chi connectivity index (χ2n) is 6.12. The Labute approximate surface area is 107 Å². The molecule has 1 heteroatoms. The molecule has 0 aromatic heterocycles. The normalized spacial score (nSPS) is 21.8. The number of hydrogen-bond donors (Lipinski definition) is 0. The quantitative estimate of drug-likeness (QED) is 0.522. The molecule has 2 aliphatic carbocycles. The molecule has 2 rings (SSSR count). The van der Waals surface area contributed by atoms with Crippen LogP contribution in [0.25, 0.3) is 0 Å². The molecule has 0 aromatic rings. The molecule has 0 unspecified atom stereocenters. The molecule has 2 aliphatic rings. The van der Waals surface area contributed by atoms with E-state index in [1.54, 1.807) is 0 Å². The van der Waals surface area contributed by atoms with Crippen LogP contribution in [-0.2, 0) is 17.1 Å². The molecule has 0 atom stereocenters. The van der Waals surface area contributed by atoms with Crippen molar-refractivity contribution in [2.75, 3.05) is 0 Å². The summed E-state index contributed by atoms with van der Waals surface area (Å²) in [5.41, 5.74) is 0.580. The fourth-order valence-corrected chi connectivity index (χ4v) is 2.68. The molecule has 0 spiro atoms. The predicted octanol–water partition coefficient (Wildman–Crippen LogP) is 5.17. The van der Waals surface area contributed by atoms with E-state index in [-0.39, 0.29) is 17.1 Å². The van der Waals surface area contributed by atoms with Gasteiger partial charge in [0.1, 0.15) is 0 Å². The molecule has 2 fully saturated rings. The van der Waals surface area contributed by atoms with Crippen LogP contribution in [0.4, 0.5) is 0 Å². The molecule has 0 nitrogen and oxygen atoms in total. The van der Waals surface area contributed by atoms with Crippen molar-refractivity contribution in [3.8, 4) is 0 Å². The van der Waals surface area contributed by atoms with Crippen molar-refractivity contribution in [3.05, 3.63) is 0 Å². The van der Waals surface area contributed by atoms with Gasteiger partial charge in [0.2, 0.25) is 0 Å². The van der Waals surface area contributed by atoms with Crippen molar-refractivity contribution < 1.29 is 17.1 Å². The zero-order chi connectivity index (χ0) is 10.4. The minimum Gasteiger partial charge on any atom is -0.0599 e. The Hall–Kier alpha value is 0.519. The maximum Gasteiger partial charge on any atom is 0 e. The standard InChI is InChI=1S/C9H18.C5H10.Fe/c1-9(2,3)8-6-4-5-7-8;1-2-4-5-3-1;/h8H,4-7H2,1-3H3;1-5H2;. The molecular formula is C14H28Fe. The van der Waals surface area contributed by atoms with E-state index in [1.165, 1.54) is 57.8 Å². The van der Waals surface area contributed by atoms with Gasteiger partial charge in [-0.15, -0.1) is 0 Å². The van der Waals surface area contributed by atoms with Gasteiger partial charge in [-0.2, -0.15) is 0 Å². The molecule has 92 valence electrons. The van der Waals surface area contributed by atoms with Gasteiger partial charge in [0.25, 0.3) is 0 Å². The summed E-state index contributed by atoms with van der Waals surface area (Å²) in [5.74, 6) is 1.01. The molecule has 0 saturated heterocycles. The van der Waals surface area contributed by atoms with Crippen molar-refractivity contribution >= 4 is 0 Å². The van der Waals surface area contributed by atoms with Crippen LogP contribution in [0.2, 0.25) is 0 Å². The maximum absolute atomic E-state index is 2.36. The third-order valence-corrected chi connectivity index (χ3v) is 3.83. The maximum atomic E-state index is 2.36. The number of rotatable bonds is 0. The van der Waals surface area contributed by atoms with Gasteiger partial charge >= 0.3 is 0 Å². The average Bonchev–Trinajstić information content (AvgIpc) is 2.80. The van der Waals surface area contributed by atoms with E-state index in [9.17, 15) is 0 Å². The van der Waals surface area contributed by atoms with Gasteiger partial charge in [0.05, 0.1) is 0 Å². The van der Waals surface area contributed by atoms with Gasteiger partial charge < -0.3 is 0 Å². The Morgan fingerprint density at radius 3 is 1.20 bits per heavy atom. The monoisotopic (exact) mass is 252 g/mol. The first-order valence-electron chi connectivity index (χ1n) is 6.61. The molecule has 0 aliphatic heterocycles. The van der Waals surface area contributed by atoms with E-state index in [1.807, 2.05) is 0 Å². The van der Waals surface area contributed by atoms with Crippen LogP contribution in [-0.4, -0.2) is 0 Å². The van der Waals surface area contributed by atoms with E-state index < -0.39 is 0 Å². The largest absolute Gasteiger partial charge is 0.0599 e. The van der Waals surface area contributed by atoms with Gasteiger partial charge in [0, 0.05) is 17.1 Å². The first-order valence-corrected chi connectivity index (χ1v) is 6.61. The van der Waals surface area contributed by atoms with E-state index in [0.717, 1.165) is 5.92 Å². The second-order valence-corrected chi connectivity index (χ2v) is 6.12. The molecule has 0 N–H and O–H groups in total.